The molecule has 0 saturated carbocycles. The molecule has 1 unspecified atom stereocenters. The summed E-state index contributed by atoms with van der Waals surface area (Å²) in [6, 6.07) is 14.1. The van der Waals surface area contributed by atoms with E-state index in [4.69, 9.17) is 14.2 Å². The van der Waals surface area contributed by atoms with Crippen molar-refractivity contribution < 1.29 is 14.2 Å². The maximum absolute atomic E-state index is 6.15. The molecule has 0 amide bonds. The fourth-order valence-electron chi connectivity index (χ4n) is 3.36. The lowest BCUT2D eigenvalue weighted by Crippen LogP contribution is -2.27. The summed E-state index contributed by atoms with van der Waals surface area (Å²) in [5, 5.41) is 0. The van der Waals surface area contributed by atoms with Gasteiger partial charge in [0, 0.05) is 11.5 Å². The van der Waals surface area contributed by atoms with Crippen molar-refractivity contribution in [2.45, 2.75) is 20.8 Å². The highest BCUT2D eigenvalue weighted by Crippen LogP contribution is 2.47. The highest BCUT2D eigenvalue weighted by molar-refractivity contribution is 5.89. The van der Waals surface area contributed by atoms with Crippen molar-refractivity contribution in [2.24, 2.45) is 11.3 Å². The van der Waals surface area contributed by atoms with E-state index in [-0.39, 0.29) is 11.3 Å². The van der Waals surface area contributed by atoms with Gasteiger partial charge in [0.05, 0.1) is 26.4 Å². The van der Waals surface area contributed by atoms with Gasteiger partial charge in [0.1, 0.15) is 17.2 Å². The van der Waals surface area contributed by atoms with Crippen LogP contribution in [-0.2, 0) is 0 Å². The van der Waals surface area contributed by atoms with Crippen LogP contribution in [0.25, 0.3) is 11.6 Å². The Hall–Kier alpha value is -2.42. The highest BCUT2D eigenvalue weighted by Gasteiger charge is 2.34. The minimum atomic E-state index is 0.0275. The maximum atomic E-state index is 6.15. The molecule has 25 heavy (non-hydrogen) atoms. The van der Waals surface area contributed by atoms with E-state index in [1.165, 1.54) is 5.57 Å². The molecule has 0 aromatic heterocycles. The first-order valence-corrected chi connectivity index (χ1v) is 8.60. The second kappa shape index (κ2) is 6.83. The van der Waals surface area contributed by atoms with Crippen LogP contribution in [0.3, 0.4) is 0 Å². The molecule has 2 aromatic carbocycles. The lowest BCUT2D eigenvalue weighted by atomic mass is 9.74. The molecule has 1 heterocycles. The zero-order valence-electron chi connectivity index (χ0n) is 15.6. The van der Waals surface area contributed by atoms with Crippen LogP contribution in [0.5, 0.6) is 17.2 Å². The van der Waals surface area contributed by atoms with Gasteiger partial charge in [-0.15, -0.1) is 0 Å². The van der Waals surface area contributed by atoms with Crippen molar-refractivity contribution in [1.29, 1.82) is 0 Å². The maximum Gasteiger partial charge on any atom is 0.130 e. The van der Waals surface area contributed by atoms with Crippen molar-refractivity contribution in [3.05, 3.63) is 53.6 Å². The van der Waals surface area contributed by atoms with Crippen LogP contribution in [-0.4, -0.2) is 20.8 Å². The van der Waals surface area contributed by atoms with Gasteiger partial charge in [0.25, 0.3) is 0 Å². The monoisotopic (exact) mass is 338 g/mol. The summed E-state index contributed by atoms with van der Waals surface area (Å²) in [4.78, 5) is 0. The largest absolute Gasteiger partial charge is 0.496 e. The fraction of sp³-hybridized carbons (Fsp3) is 0.364. The predicted molar refractivity (Wildman–Crippen MR) is 102 cm³/mol. The first kappa shape index (κ1) is 17.4. The summed E-state index contributed by atoms with van der Waals surface area (Å²) < 4.78 is 17.5. The summed E-state index contributed by atoms with van der Waals surface area (Å²) in [5.74, 6) is 2.75. The SMILES string of the molecule is COc1cccc(OC)c1C1=Cc2ccccc2OCC1C(C)(C)C. The van der Waals surface area contributed by atoms with Gasteiger partial charge in [0.15, 0.2) is 0 Å². The molecule has 2 aromatic rings. The predicted octanol–water partition coefficient (Wildman–Crippen LogP) is 5.30. The minimum Gasteiger partial charge on any atom is -0.496 e. The molecular weight excluding hydrogens is 312 g/mol. The van der Waals surface area contributed by atoms with E-state index in [1.807, 2.05) is 36.4 Å². The van der Waals surface area contributed by atoms with Crippen LogP contribution in [0.2, 0.25) is 0 Å². The van der Waals surface area contributed by atoms with E-state index in [0.717, 1.165) is 28.4 Å². The van der Waals surface area contributed by atoms with Crippen LogP contribution in [0.15, 0.2) is 42.5 Å². The lowest BCUT2D eigenvalue weighted by molar-refractivity contribution is 0.192. The highest BCUT2D eigenvalue weighted by atomic mass is 16.5. The molecule has 0 bridgehead atoms. The summed E-state index contributed by atoms with van der Waals surface area (Å²) in [6.07, 6.45) is 2.22. The van der Waals surface area contributed by atoms with Gasteiger partial charge >= 0.3 is 0 Å². The Morgan fingerprint density at radius 3 is 2.16 bits per heavy atom. The molecule has 0 radical (unpaired) electrons. The van der Waals surface area contributed by atoms with Crippen LogP contribution in [0.1, 0.15) is 31.9 Å². The first-order chi connectivity index (χ1) is 12.0. The number of para-hydroxylation sites is 1. The van der Waals surface area contributed by atoms with Crippen LogP contribution in [0.4, 0.5) is 0 Å². The Balaban J connectivity index is 2.27. The molecule has 0 fully saturated rings. The third-order valence-electron chi connectivity index (χ3n) is 4.77. The van der Waals surface area contributed by atoms with Gasteiger partial charge < -0.3 is 14.2 Å². The van der Waals surface area contributed by atoms with Crippen LogP contribution >= 0.6 is 0 Å². The second-order valence-corrected chi connectivity index (χ2v) is 7.40. The Kier molecular flexibility index (Phi) is 4.76. The zero-order valence-corrected chi connectivity index (χ0v) is 15.6. The number of fused-ring (bicyclic) bond motifs is 1. The number of hydrogen-bond acceptors (Lipinski definition) is 3. The van der Waals surface area contributed by atoms with Crippen molar-refractivity contribution in [3.63, 3.8) is 0 Å². The second-order valence-electron chi connectivity index (χ2n) is 7.40. The topological polar surface area (TPSA) is 27.7 Å². The molecule has 1 aliphatic heterocycles. The van der Waals surface area contributed by atoms with Crippen LogP contribution in [0, 0.1) is 11.3 Å². The van der Waals surface area contributed by atoms with E-state index < -0.39 is 0 Å². The minimum absolute atomic E-state index is 0.0275. The average Bonchev–Trinajstić information content (AvgIpc) is 2.80. The van der Waals surface area contributed by atoms with Gasteiger partial charge in [-0.05, 0) is 35.3 Å². The smallest absolute Gasteiger partial charge is 0.130 e. The number of methoxy groups -OCH3 is 2. The summed E-state index contributed by atoms with van der Waals surface area (Å²) >= 11 is 0. The average molecular weight is 338 g/mol. The number of rotatable bonds is 3. The van der Waals surface area contributed by atoms with E-state index in [1.54, 1.807) is 14.2 Å². The normalized spacial score (nSPS) is 17.0. The standard InChI is InChI=1S/C22H26O3/c1-22(2,3)17-14-25-18-10-7-6-9-15(18)13-16(17)21-19(23-4)11-8-12-20(21)24-5/h6-13,17H,14H2,1-5H3. The molecule has 132 valence electrons. The van der Waals surface area contributed by atoms with E-state index in [2.05, 4.69) is 32.9 Å². The Bertz CT molecular complexity index is 762. The number of ether oxygens (including phenoxy) is 3. The molecule has 1 atom stereocenters. The molecular formula is C22H26O3. The quantitative estimate of drug-likeness (QED) is 0.760. The van der Waals surface area contributed by atoms with Crippen molar-refractivity contribution >= 4 is 11.6 Å². The van der Waals surface area contributed by atoms with Crippen molar-refractivity contribution in [1.82, 2.24) is 0 Å². The van der Waals surface area contributed by atoms with E-state index >= 15 is 0 Å². The number of benzene rings is 2. The third-order valence-corrected chi connectivity index (χ3v) is 4.77. The van der Waals surface area contributed by atoms with Crippen molar-refractivity contribution in [2.75, 3.05) is 20.8 Å². The van der Waals surface area contributed by atoms with Gasteiger partial charge in [-0.3, -0.25) is 0 Å². The molecule has 0 aliphatic carbocycles. The van der Waals surface area contributed by atoms with Gasteiger partial charge in [-0.2, -0.15) is 0 Å². The Morgan fingerprint density at radius 1 is 0.920 bits per heavy atom. The fourth-order valence-corrected chi connectivity index (χ4v) is 3.36. The molecule has 1 aliphatic rings. The van der Waals surface area contributed by atoms with Crippen molar-refractivity contribution in [3.8, 4) is 17.2 Å². The molecule has 0 saturated heterocycles. The Labute approximate surface area is 150 Å². The van der Waals surface area contributed by atoms with Crippen LogP contribution < -0.4 is 14.2 Å². The zero-order chi connectivity index (χ0) is 18.0. The van der Waals surface area contributed by atoms with Gasteiger partial charge in [0.2, 0.25) is 0 Å². The summed E-state index contributed by atoms with van der Waals surface area (Å²) in [5.41, 5.74) is 3.30. The lowest BCUT2D eigenvalue weighted by Gasteiger charge is -2.32. The van der Waals surface area contributed by atoms with Gasteiger partial charge in [-0.25, -0.2) is 0 Å². The third kappa shape index (κ3) is 3.37. The number of hydrogen-bond donors (Lipinski definition) is 0. The molecule has 3 nitrogen and oxygen atoms in total. The summed E-state index contributed by atoms with van der Waals surface area (Å²) in [7, 11) is 3.40. The summed E-state index contributed by atoms with van der Waals surface area (Å²) in [6.45, 7) is 7.35. The molecule has 0 spiro atoms. The molecule has 0 N–H and O–H groups in total. The van der Waals surface area contributed by atoms with E-state index in [9.17, 15) is 0 Å². The van der Waals surface area contributed by atoms with E-state index in [0.29, 0.717) is 6.61 Å². The molecule has 3 rings (SSSR count). The van der Waals surface area contributed by atoms with Gasteiger partial charge in [-0.1, -0.05) is 45.0 Å². The molecule has 3 heteroatoms. The Morgan fingerprint density at radius 2 is 1.56 bits per heavy atom. The first-order valence-electron chi connectivity index (χ1n) is 8.60.